The quantitative estimate of drug-likeness (QED) is 0.435. The van der Waals surface area contributed by atoms with Crippen molar-refractivity contribution in [3.05, 3.63) is 38.1 Å². The monoisotopic (exact) mass is 403 g/mol. The predicted octanol–water partition coefficient (Wildman–Crippen LogP) is -1.11. The van der Waals surface area contributed by atoms with E-state index in [0.717, 1.165) is 16.3 Å². The molecule has 0 unspecified atom stereocenters. The van der Waals surface area contributed by atoms with E-state index < -0.39 is 47.8 Å². The van der Waals surface area contributed by atoms with Crippen LogP contribution in [0.3, 0.4) is 0 Å². The van der Waals surface area contributed by atoms with Gasteiger partial charge in [-0.3, -0.25) is 19.1 Å². The summed E-state index contributed by atoms with van der Waals surface area (Å²) in [6.07, 6.45) is -2.91. The lowest BCUT2D eigenvalue weighted by molar-refractivity contribution is -0.152. The van der Waals surface area contributed by atoms with E-state index in [1.807, 2.05) is 0 Å². The van der Waals surface area contributed by atoms with Gasteiger partial charge in [-0.1, -0.05) is 25.4 Å². The second kappa shape index (κ2) is 8.81. The van der Waals surface area contributed by atoms with Gasteiger partial charge >= 0.3 is 11.7 Å². The van der Waals surface area contributed by atoms with Gasteiger partial charge in [0.25, 0.3) is 5.56 Å². The zero-order valence-electron chi connectivity index (χ0n) is 14.7. The van der Waals surface area contributed by atoms with Gasteiger partial charge in [0.05, 0.1) is 5.56 Å². The number of aromatic nitrogens is 2. The van der Waals surface area contributed by atoms with Crippen LogP contribution in [0, 0.1) is 5.92 Å². The highest BCUT2D eigenvalue weighted by Crippen LogP contribution is 2.28. The fourth-order valence-electron chi connectivity index (χ4n) is 2.51. The van der Waals surface area contributed by atoms with Crippen molar-refractivity contribution in [2.75, 3.05) is 6.61 Å². The molecular formula is C16H22ClN3O7. The molecular weight excluding hydrogens is 382 g/mol. The van der Waals surface area contributed by atoms with E-state index in [2.05, 4.69) is 4.98 Å². The highest BCUT2D eigenvalue weighted by molar-refractivity contribution is 6.27. The number of carbonyl (C=O) groups is 1. The van der Waals surface area contributed by atoms with E-state index in [-0.39, 0.29) is 18.1 Å². The molecule has 5 N–H and O–H groups in total. The molecule has 1 aromatic rings. The number of aliphatic hydroxyl groups excluding tert-OH is 2. The average molecular weight is 404 g/mol. The average Bonchev–Trinajstić information content (AvgIpc) is 2.89. The Labute approximate surface area is 159 Å². The largest absolute Gasteiger partial charge is 0.462 e. The minimum Gasteiger partial charge on any atom is -0.462 e. The number of aromatic amines is 1. The van der Waals surface area contributed by atoms with Crippen LogP contribution in [0.15, 0.2) is 21.3 Å². The molecule has 0 aromatic carbocycles. The van der Waals surface area contributed by atoms with Crippen molar-refractivity contribution < 1.29 is 24.5 Å². The summed E-state index contributed by atoms with van der Waals surface area (Å²) in [5.41, 5.74) is 5.30. The van der Waals surface area contributed by atoms with E-state index in [1.165, 1.54) is 6.08 Å². The third kappa shape index (κ3) is 4.66. The number of rotatable bonds is 6. The number of esters is 1. The van der Waals surface area contributed by atoms with E-state index in [0.29, 0.717) is 0 Å². The number of ether oxygens (including phenoxy) is 2. The Morgan fingerprint density at radius 1 is 1.44 bits per heavy atom. The molecule has 0 amide bonds. The summed E-state index contributed by atoms with van der Waals surface area (Å²) in [6.45, 7) is 3.14. The smallest absolute Gasteiger partial charge is 0.330 e. The van der Waals surface area contributed by atoms with Crippen LogP contribution in [0.2, 0.25) is 0 Å². The van der Waals surface area contributed by atoms with Crippen LogP contribution in [0.25, 0.3) is 6.08 Å². The highest BCUT2D eigenvalue weighted by atomic mass is 35.5. The van der Waals surface area contributed by atoms with Crippen LogP contribution < -0.4 is 17.0 Å². The van der Waals surface area contributed by atoms with E-state index >= 15 is 0 Å². The maximum Gasteiger partial charge on any atom is 0.330 e. The summed E-state index contributed by atoms with van der Waals surface area (Å²) in [5, 5.41) is 20.4. The molecule has 1 aliphatic rings. The number of hydrogen-bond donors (Lipinski definition) is 4. The first kappa shape index (κ1) is 21.3. The molecule has 1 aliphatic heterocycles. The van der Waals surface area contributed by atoms with Crippen LogP contribution in [-0.2, 0) is 14.3 Å². The molecule has 27 heavy (non-hydrogen) atoms. The third-order valence-corrected chi connectivity index (χ3v) is 4.36. The summed E-state index contributed by atoms with van der Waals surface area (Å²) >= 11 is 5.45. The van der Waals surface area contributed by atoms with E-state index in [9.17, 15) is 24.6 Å². The molecule has 0 aliphatic carbocycles. The Morgan fingerprint density at radius 2 is 2.11 bits per heavy atom. The lowest BCUT2D eigenvalue weighted by atomic mass is 10.1. The minimum absolute atomic E-state index is 0.0488. The second-order valence-corrected chi connectivity index (χ2v) is 6.74. The maximum absolute atomic E-state index is 12.0. The molecule has 0 spiro atoms. The lowest BCUT2D eigenvalue weighted by Gasteiger charge is -2.18. The van der Waals surface area contributed by atoms with Crippen molar-refractivity contribution in [1.29, 1.82) is 0 Å². The molecule has 2 rings (SSSR count). The van der Waals surface area contributed by atoms with Crippen molar-refractivity contribution in [2.24, 2.45) is 11.7 Å². The molecule has 10 nitrogen and oxygen atoms in total. The van der Waals surface area contributed by atoms with Crippen molar-refractivity contribution in [3.63, 3.8) is 0 Å². The SMILES string of the molecule is CC(C)[C@H](N)C(=O)OC[C@H]1O[C@@H](n2cc(/C=C/Cl)c(=O)[nH]c2=O)[C@@H](O)[C@@H]1O. The molecule has 11 heteroatoms. The Hall–Kier alpha value is -1.98. The number of carbonyl (C=O) groups excluding carboxylic acids is 1. The molecule has 0 bridgehead atoms. The number of nitrogens with one attached hydrogen (secondary N) is 1. The van der Waals surface area contributed by atoms with Gasteiger partial charge < -0.3 is 25.4 Å². The summed E-state index contributed by atoms with van der Waals surface area (Å²) in [6, 6.07) is -0.837. The first-order valence-corrected chi connectivity index (χ1v) is 8.67. The molecule has 1 aromatic heterocycles. The van der Waals surface area contributed by atoms with Gasteiger partial charge in [0.15, 0.2) is 6.23 Å². The minimum atomic E-state index is -1.50. The van der Waals surface area contributed by atoms with Crippen LogP contribution in [0.4, 0.5) is 0 Å². The number of H-pyrrole nitrogens is 1. The standard InChI is InChI=1S/C16H22ClN3O7/c1-7(2)10(18)15(24)26-6-9-11(21)12(22)14(27-9)20-5-8(3-4-17)13(23)19-16(20)25/h3-5,7,9-12,14,21-22H,6,18H2,1-2H3,(H,19,23,25)/b4-3+/t9-,10+,11-,12+,14-/m1/s1. The highest BCUT2D eigenvalue weighted by Gasteiger charge is 2.45. The molecule has 2 heterocycles. The van der Waals surface area contributed by atoms with Gasteiger partial charge in [0, 0.05) is 11.7 Å². The first-order valence-electron chi connectivity index (χ1n) is 8.23. The van der Waals surface area contributed by atoms with Crippen molar-refractivity contribution in [3.8, 4) is 0 Å². The van der Waals surface area contributed by atoms with Gasteiger partial charge in [-0.2, -0.15) is 0 Å². The Morgan fingerprint density at radius 3 is 2.70 bits per heavy atom. The summed E-state index contributed by atoms with van der Waals surface area (Å²) in [5.74, 6) is -0.812. The number of aliphatic hydroxyl groups is 2. The van der Waals surface area contributed by atoms with E-state index in [1.54, 1.807) is 13.8 Å². The van der Waals surface area contributed by atoms with E-state index in [4.69, 9.17) is 26.8 Å². The van der Waals surface area contributed by atoms with Crippen molar-refractivity contribution in [1.82, 2.24) is 9.55 Å². The van der Waals surface area contributed by atoms with Crippen molar-refractivity contribution in [2.45, 2.75) is 44.4 Å². The van der Waals surface area contributed by atoms with Crippen LogP contribution in [0.1, 0.15) is 25.6 Å². The zero-order chi connectivity index (χ0) is 20.3. The van der Waals surface area contributed by atoms with Crippen molar-refractivity contribution >= 4 is 23.6 Å². The number of nitrogens with two attached hydrogens (primary N) is 1. The van der Waals surface area contributed by atoms with Crippen LogP contribution in [-0.4, -0.2) is 56.7 Å². The summed E-state index contributed by atoms with van der Waals surface area (Å²) in [7, 11) is 0. The number of halogens is 1. The molecule has 0 saturated carbocycles. The Kier molecular flexibility index (Phi) is 6.95. The van der Waals surface area contributed by atoms with Gasteiger partial charge in [-0.05, 0) is 12.0 Å². The second-order valence-electron chi connectivity index (χ2n) is 6.49. The van der Waals surface area contributed by atoms with Gasteiger partial charge in [-0.25, -0.2) is 4.79 Å². The first-order chi connectivity index (χ1) is 12.7. The Balaban J connectivity index is 2.17. The van der Waals surface area contributed by atoms with Crippen LogP contribution >= 0.6 is 11.6 Å². The molecule has 1 fully saturated rings. The fourth-order valence-corrected chi connectivity index (χ4v) is 2.64. The van der Waals surface area contributed by atoms with Gasteiger partial charge in [-0.15, -0.1) is 0 Å². The zero-order valence-corrected chi connectivity index (χ0v) is 15.5. The third-order valence-electron chi connectivity index (χ3n) is 4.23. The lowest BCUT2D eigenvalue weighted by Crippen LogP contribution is -2.40. The molecule has 150 valence electrons. The molecule has 5 atom stereocenters. The normalized spacial score (nSPS) is 26.6. The number of nitrogens with zero attached hydrogens (tertiary/aromatic N) is 1. The Bertz CT molecular complexity index is 819. The topological polar surface area (TPSA) is 157 Å². The number of hydrogen-bond acceptors (Lipinski definition) is 8. The molecule has 1 saturated heterocycles. The maximum atomic E-state index is 12.0. The predicted molar refractivity (Wildman–Crippen MR) is 95.9 cm³/mol. The van der Waals surface area contributed by atoms with Gasteiger partial charge in [0.1, 0.15) is 31.0 Å². The van der Waals surface area contributed by atoms with Gasteiger partial charge in [0.2, 0.25) is 0 Å². The fraction of sp³-hybridized carbons (Fsp3) is 0.562. The molecule has 0 radical (unpaired) electrons. The summed E-state index contributed by atoms with van der Waals surface area (Å²) in [4.78, 5) is 37.6. The van der Waals surface area contributed by atoms with Crippen LogP contribution in [0.5, 0.6) is 0 Å². The summed E-state index contributed by atoms with van der Waals surface area (Å²) < 4.78 is 11.4.